The first-order chi connectivity index (χ1) is 10.6. The van der Waals surface area contributed by atoms with Crippen molar-refractivity contribution in [1.82, 2.24) is 14.5 Å². The second kappa shape index (κ2) is 4.93. The highest BCUT2D eigenvalue weighted by molar-refractivity contribution is 7.12. The van der Waals surface area contributed by atoms with E-state index < -0.39 is 5.60 Å². The number of nitrogens with zero attached hydrogens (tertiary/aromatic N) is 3. The van der Waals surface area contributed by atoms with Crippen molar-refractivity contribution in [3.05, 3.63) is 40.6 Å². The van der Waals surface area contributed by atoms with Crippen molar-refractivity contribution in [2.75, 3.05) is 0 Å². The molecule has 2 atom stereocenters. The highest BCUT2D eigenvalue weighted by Crippen LogP contribution is 2.45. The molecule has 0 spiro atoms. The van der Waals surface area contributed by atoms with Crippen LogP contribution in [-0.4, -0.2) is 37.5 Å². The van der Waals surface area contributed by atoms with Crippen LogP contribution in [0.5, 0.6) is 0 Å². The van der Waals surface area contributed by atoms with Crippen LogP contribution in [0, 0.1) is 0 Å². The molecule has 0 unspecified atom stereocenters. The number of carbonyl (C=O) groups is 1. The highest BCUT2D eigenvalue weighted by Gasteiger charge is 2.51. The number of fused-ring (bicyclic) bond motifs is 2. The van der Waals surface area contributed by atoms with E-state index >= 15 is 0 Å². The van der Waals surface area contributed by atoms with Crippen molar-refractivity contribution < 1.29 is 9.90 Å². The van der Waals surface area contributed by atoms with Crippen LogP contribution in [0.3, 0.4) is 0 Å². The lowest BCUT2D eigenvalue weighted by atomic mass is 9.85. The van der Waals surface area contributed by atoms with Gasteiger partial charge in [-0.25, -0.2) is 4.98 Å². The van der Waals surface area contributed by atoms with Gasteiger partial charge >= 0.3 is 0 Å². The smallest absolute Gasteiger partial charge is 0.264 e. The molecule has 2 aromatic heterocycles. The van der Waals surface area contributed by atoms with E-state index in [4.69, 9.17) is 0 Å². The lowest BCUT2D eigenvalue weighted by Gasteiger charge is -2.43. The SMILES string of the molecule is Cn1ccnc1C1(O)C[C@@H]2CC[C@@H](C1)N2C(=O)c1cccs1. The van der Waals surface area contributed by atoms with Crippen LogP contribution < -0.4 is 0 Å². The zero-order chi connectivity index (χ0) is 15.3. The molecule has 2 fully saturated rings. The molecule has 4 heterocycles. The minimum Gasteiger partial charge on any atom is -0.382 e. The van der Waals surface area contributed by atoms with Crippen molar-refractivity contribution >= 4 is 17.2 Å². The third-order valence-corrected chi connectivity index (χ3v) is 5.83. The van der Waals surface area contributed by atoms with E-state index in [0.717, 1.165) is 17.7 Å². The predicted molar refractivity (Wildman–Crippen MR) is 83.6 cm³/mol. The van der Waals surface area contributed by atoms with Crippen LogP contribution >= 0.6 is 11.3 Å². The molecule has 1 N–H and O–H groups in total. The van der Waals surface area contributed by atoms with Crippen LogP contribution in [0.15, 0.2) is 29.9 Å². The number of aryl methyl sites for hydroxylation is 1. The summed E-state index contributed by atoms with van der Waals surface area (Å²) in [7, 11) is 1.91. The first-order valence-corrected chi connectivity index (χ1v) is 8.53. The molecule has 2 aromatic rings. The summed E-state index contributed by atoms with van der Waals surface area (Å²) in [4.78, 5) is 19.9. The van der Waals surface area contributed by atoms with E-state index in [1.807, 2.05) is 40.2 Å². The number of thiophene rings is 1. The summed E-state index contributed by atoms with van der Waals surface area (Å²) in [6.07, 6.45) is 6.66. The van der Waals surface area contributed by atoms with Gasteiger partial charge in [0.2, 0.25) is 0 Å². The lowest BCUT2D eigenvalue weighted by molar-refractivity contribution is -0.0554. The van der Waals surface area contributed by atoms with E-state index in [9.17, 15) is 9.90 Å². The predicted octanol–water partition coefficient (Wildman–Crippen LogP) is 2.14. The molecule has 5 nitrogen and oxygen atoms in total. The number of piperidine rings is 1. The Morgan fingerprint density at radius 1 is 1.41 bits per heavy atom. The molecule has 6 heteroatoms. The lowest BCUT2D eigenvalue weighted by Crippen LogP contribution is -2.52. The zero-order valence-electron chi connectivity index (χ0n) is 12.5. The van der Waals surface area contributed by atoms with Crippen molar-refractivity contribution in [1.29, 1.82) is 0 Å². The minimum absolute atomic E-state index is 0.107. The van der Waals surface area contributed by atoms with Crippen LogP contribution in [-0.2, 0) is 12.6 Å². The molecule has 2 saturated heterocycles. The van der Waals surface area contributed by atoms with Gasteiger partial charge in [0.1, 0.15) is 11.4 Å². The summed E-state index contributed by atoms with van der Waals surface area (Å²) in [6, 6.07) is 4.00. The summed E-state index contributed by atoms with van der Waals surface area (Å²) in [5.41, 5.74) is -0.920. The van der Waals surface area contributed by atoms with E-state index in [1.54, 1.807) is 6.20 Å². The van der Waals surface area contributed by atoms with Gasteiger partial charge in [-0.05, 0) is 24.3 Å². The second-order valence-electron chi connectivity index (χ2n) is 6.38. The maximum absolute atomic E-state index is 12.7. The molecule has 0 aromatic carbocycles. The van der Waals surface area contributed by atoms with Crippen molar-refractivity contribution in [2.45, 2.75) is 43.4 Å². The summed E-state index contributed by atoms with van der Waals surface area (Å²) in [5, 5.41) is 13.0. The van der Waals surface area contributed by atoms with E-state index in [-0.39, 0.29) is 18.0 Å². The van der Waals surface area contributed by atoms with E-state index in [0.29, 0.717) is 18.7 Å². The van der Waals surface area contributed by atoms with Crippen molar-refractivity contribution in [3.63, 3.8) is 0 Å². The number of aromatic nitrogens is 2. The van der Waals surface area contributed by atoms with Gasteiger partial charge < -0.3 is 14.6 Å². The van der Waals surface area contributed by atoms with E-state index in [2.05, 4.69) is 4.98 Å². The van der Waals surface area contributed by atoms with Gasteiger partial charge in [-0.1, -0.05) is 6.07 Å². The molecule has 0 radical (unpaired) electrons. The highest BCUT2D eigenvalue weighted by atomic mass is 32.1. The molecule has 22 heavy (non-hydrogen) atoms. The van der Waals surface area contributed by atoms with Crippen molar-refractivity contribution in [2.24, 2.45) is 7.05 Å². The Morgan fingerprint density at radius 2 is 2.14 bits per heavy atom. The Balaban J connectivity index is 1.62. The Hall–Kier alpha value is -1.66. The number of hydrogen-bond donors (Lipinski definition) is 1. The fourth-order valence-corrected chi connectivity index (χ4v) is 4.75. The first-order valence-electron chi connectivity index (χ1n) is 7.65. The van der Waals surface area contributed by atoms with Crippen molar-refractivity contribution in [3.8, 4) is 0 Å². The van der Waals surface area contributed by atoms with E-state index in [1.165, 1.54) is 11.3 Å². The molecule has 0 saturated carbocycles. The van der Waals surface area contributed by atoms with Gasteiger partial charge in [-0.3, -0.25) is 4.79 Å². The maximum atomic E-state index is 12.7. The summed E-state index contributed by atoms with van der Waals surface area (Å²) < 4.78 is 1.89. The van der Waals surface area contributed by atoms with Gasteiger partial charge in [-0.15, -0.1) is 11.3 Å². The average molecular weight is 317 g/mol. The fourth-order valence-electron chi connectivity index (χ4n) is 4.08. The molecule has 116 valence electrons. The van der Waals surface area contributed by atoms with Gasteiger partial charge in [0, 0.05) is 44.4 Å². The Kier molecular flexibility index (Phi) is 3.13. The normalized spacial score (nSPS) is 30.7. The first kappa shape index (κ1) is 14.0. The third kappa shape index (κ3) is 2.01. The Labute approximate surface area is 133 Å². The standard InChI is InChI=1S/C16H19N3O2S/c1-18-7-6-17-15(18)16(21)9-11-4-5-12(10-16)19(11)14(20)13-3-2-8-22-13/h2-3,6-8,11-12,21H,4-5,9-10H2,1H3/t11-,12-/m0/s1. The van der Waals surface area contributed by atoms with Crippen LogP contribution in [0.25, 0.3) is 0 Å². The maximum Gasteiger partial charge on any atom is 0.264 e. The number of rotatable bonds is 2. The quantitative estimate of drug-likeness (QED) is 0.923. The summed E-state index contributed by atoms with van der Waals surface area (Å²) >= 11 is 1.49. The summed E-state index contributed by atoms with van der Waals surface area (Å²) in [5.74, 6) is 0.831. The van der Waals surface area contributed by atoms with Gasteiger partial charge in [0.25, 0.3) is 5.91 Å². The van der Waals surface area contributed by atoms with Crippen LogP contribution in [0.1, 0.15) is 41.2 Å². The van der Waals surface area contributed by atoms with Gasteiger partial charge in [0.15, 0.2) is 0 Å². The average Bonchev–Trinajstić information content (AvgIpc) is 3.19. The topological polar surface area (TPSA) is 58.4 Å². The molecular weight excluding hydrogens is 298 g/mol. The number of hydrogen-bond acceptors (Lipinski definition) is 4. The van der Waals surface area contributed by atoms with Gasteiger partial charge in [0.05, 0.1) is 4.88 Å². The minimum atomic E-state index is -0.920. The van der Waals surface area contributed by atoms with Crippen LogP contribution in [0.2, 0.25) is 0 Å². The monoisotopic (exact) mass is 317 g/mol. The van der Waals surface area contributed by atoms with Crippen LogP contribution in [0.4, 0.5) is 0 Å². The Morgan fingerprint density at radius 3 is 2.68 bits per heavy atom. The third-order valence-electron chi connectivity index (χ3n) is 4.97. The van der Waals surface area contributed by atoms with Gasteiger partial charge in [-0.2, -0.15) is 0 Å². The number of imidazole rings is 1. The fraction of sp³-hybridized carbons (Fsp3) is 0.500. The molecule has 2 aliphatic heterocycles. The second-order valence-corrected chi connectivity index (χ2v) is 7.32. The molecule has 4 rings (SSSR count). The molecule has 2 aliphatic rings. The number of carbonyl (C=O) groups excluding carboxylic acids is 1. The number of amides is 1. The molecular formula is C16H19N3O2S. The summed E-state index contributed by atoms with van der Waals surface area (Å²) in [6.45, 7) is 0. The molecule has 1 amide bonds. The molecule has 0 aliphatic carbocycles. The largest absolute Gasteiger partial charge is 0.382 e. The Bertz CT molecular complexity index is 680. The zero-order valence-corrected chi connectivity index (χ0v) is 13.3. The number of aliphatic hydroxyl groups is 1. The molecule has 2 bridgehead atoms.